The van der Waals surface area contributed by atoms with Crippen LogP contribution in [0, 0.1) is 6.92 Å². The molecule has 0 bridgehead atoms. The highest BCUT2D eigenvalue weighted by Gasteiger charge is 2.15. The van der Waals surface area contributed by atoms with Gasteiger partial charge in [0.1, 0.15) is 5.69 Å². The van der Waals surface area contributed by atoms with Gasteiger partial charge in [0, 0.05) is 31.0 Å². The predicted octanol–water partition coefficient (Wildman–Crippen LogP) is 3.16. The number of hydrogen-bond donors (Lipinski definition) is 1. The average Bonchev–Trinajstić information content (AvgIpc) is 3.24. The minimum Gasteiger partial charge on any atom is -0.419 e. The normalized spacial score (nSPS) is 10.9. The number of hydrogen-bond acceptors (Lipinski definition) is 5. The molecule has 1 amide bonds. The number of halogens is 1. The highest BCUT2D eigenvalue weighted by molar-refractivity contribution is 6.30. The maximum atomic E-state index is 12.0. The van der Waals surface area contributed by atoms with E-state index in [4.69, 9.17) is 16.0 Å². The Hall–Kier alpha value is -2.67. The third kappa shape index (κ3) is 4.49. The predicted molar refractivity (Wildman–Crippen MR) is 97.5 cm³/mol. The first-order chi connectivity index (χ1) is 12.5. The first kappa shape index (κ1) is 18.1. The maximum Gasteiger partial charge on any atom is 0.265 e. The molecular weight excluding hydrogens is 354 g/mol. The Morgan fingerprint density at radius 1 is 1.31 bits per heavy atom. The Balaban J connectivity index is 1.53. The fourth-order valence-electron chi connectivity index (χ4n) is 2.57. The smallest absolute Gasteiger partial charge is 0.265 e. The van der Waals surface area contributed by atoms with Gasteiger partial charge in [-0.1, -0.05) is 23.7 Å². The van der Waals surface area contributed by atoms with Gasteiger partial charge in [-0.25, -0.2) is 0 Å². The summed E-state index contributed by atoms with van der Waals surface area (Å²) in [6.45, 7) is 5.06. The number of amides is 1. The number of aromatic nitrogens is 4. The van der Waals surface area contributed by atoms with Crippen LogP contribution < -0.4 is 5.32 Å². The Bertz CT molecular complexity index is 903. The number of carbonyl (C=O) groups excluding carboxylic acids is 1. The Morgan fingerprint density at radius 3 is 2.92 bits per heavy atom. The van der Waals surface area contributed by atoms with Crippen LogP contribution in [0.15, 0.2) is 34.7 Å². The number of benzene rings is 1. The monoisotopic (exact) mass is 373 g/mol. The van der Waals surface area contributed by atoms with Crippen LogP contribution in [0.1, 0.15) is 30.5 Å². The van der Waals surface area contributed by atoms with Crippen LogP contribution in [0.3, 0.4) is 0 Å². The van der Waals surface area contributed by atoms with Crippen LogP contribution >= 0.6 is 11.6 Å². The van der Waals surface area contributed by atoms with Gasteiger partial charge in [0.2, 0.25) is 11.8 Å². The average molecular weight is 374 g/mol. The molecule has 0 fully saturated rings. The first-order valence-electron chi connectivity index (χ1n) is 8.43. The molecule has 0 radical (unpaired) electrons. The molecule has 0 aliphatic rings. The van der Waals surface area contributed by atoms with E-state index < -0.39 is 0 Å². The number of nitrogens with zero attached hydrogens (tertiary/aromatic N) is 4. The third-order valence-electron chi connectivity index (χ3n) is 3.83. The minimum atomic E-state index is -0.0841. The molecule has 26 heavy (non-hydrogen) atoms. The number of nitrogens with one attached hydrogen (secondary N) is 1. The highest BCUT2D eigenvalue weighted by atomic mass is 35.5. The van der Waals surface area contributed by atoms with Gasteiger partial charge < -0.3 is 9.73 Å². The second kappa shape index (κ2) is 8.14. The molecule has 136 valence electrons. The highest BCUT2D eigenvalue weighted by Crippen LogP contribution is 2.19. The lowest BCUT2D eigenvalue weighted by Gasteiger charge is -2.04. The van der Waals surface area contributed by atoms with Gasteiger partial charge in [0.05, 0.1) is 5.69 Å². The van der Waals surface area contributed by atoms with Gasteiger partial charge in [0.15, 0.2) is 0 Å². The lowest BCUT2D eigenvalue weighted by molar-refractivity contribution is -0.121. The van der Waals surface area contributed by atoms with E-state index in [1.807, 2.05) is 42.8 Å². The molecule has 2 heterocycles. The number of aryl methyl sites for hydroxylation is 3. The second-order valence-corrected chi connectivity index (χ2v) is 6.33. The molecule has 0 saturated carbocycles. The molecule has 0 aliphatic carbocycles. The summed E-state index contributed by atoms with van der Waals surface area (Å²) in [6, 6.07) is 9.29. The summed E-state index contributed by atoms with van der Waals surface area (Å²) in [4.78, 5) is 12.0. The molecule has 7 nitrogen and oxygen atoms in total. The lowest BCUT2D eigenvalue weighted by atomic mass is 10.2. The van der Waals surface area contributed by atoms with Crippen LogP contribution in [0.5, 0.6) is 0 Å². The second-order valence-electron chi connectivity index (χ2n) is 5.89. The van der Waals surface area contributed by atoms with Gasteiger partial charge >= 0.3 is 0 Å². The Labute approximate surface area is 156 Å². The van der Waals surface area contributed by atoms with Crippen molar-refractivity contribution in [2.24, 2.45) is 0 Å². The van der Waals surface area contributed by atoms with Gasteiger partial charge in [-0.3, -0.25) is 9.48 Å². The van der Waals surface area contributed by atoms with E-state index in [1.54, 1.807) is 6.07 Å². The van der Waals surface area contributed by atoms with Crippen molar-refractivity contribution in [3.63, 3.8) is 0 Å². The van der Waals surface area contributed by atoms with Crippen LogP contribution in [0.2, 0.25) is 5.02 Å². The van der Waals surface area contributed by atoms with E-state index in [1.165, 1.54) is 0 Å². The molecule has 2 aromatic heterocycles. The van der Waals surface area contributed by atoms with Gasteiger partial charge in [-0.2, -0.15) is 5.10 Å². The van der Waals surface area contributed by atoms with Crippen molar-refractivity contribution in [1.29, 1.82) is 0 Å². The maximum absolute atomic E-state index is 12.0. The first-order valence-corrected chi connectivity index (χ1v) is 8.81. The molecule has 0 unspecified atom stereocenters. The molecule has 0 aliphatic heterocycles. The fourth-order valence-corrected chi connectivity index (χ4v) is 2.79. The molecular formula is C18H20ClN5O2. The van der Waals surface area contributed by atoms with E-state index in [-0.39, 0.29) is 12.3 Å². The van der Waals surface area contributed by atoms with Crippen molar-refractivity contribution in [3.8, 4) is 11.6 Å². The van der Waals surface area contributed by atoms with Crippen LogP contribution in [-0.2, 0) is 24.3 Å². The van der Waals surface area contributed by atoms with E-state index in [2.05, 4.69) is 20.6 Å². The quantitative estimate of drug-likeness (QED) is 0.687. The summed E-state index contributed by atoms with van der Waals surface area (Å²) in [5.41, 5.74) is 2.63. The van der Waals surface area contributed by atoms with Gasteiger partial charge in [-0.05, 0) is 37.6 Å². The van der Waals surface area contributed by atoms with Crippen molar-refractivity contribution >= 4 is 17.5 Å². The summed E-state index contributed by atoms with van der Waals surface area (Å²) in [5.74, 6) is 0.764. The molecule has 0 saturated heterocycles. The third-order valence-corrected chi connectivity index (χ3v) is 4.07. The zero-order valence-corrected chi connectivity index (χ0v) is 15.5. The van der Waals surface area contributed by atoms with E-state index >= 15 is 0 Å². The summed E-state index contributed by atoms with van der Waals surface area (Å²) < 4.78 is 7.48. The zero-order valence-electron chi connectivity index (χ0n) is 14.7. The van der Waals surface area contributed by atoms with Crippen LogP contribution in [0.4, 0.5) is 0 Å². The molecule has 1 N–H and O–H groups in total. The van der Waals surface area contributed by atoms with E-state index in [0.29, 0.717) is 36.3 Å². The lowest BCUT2D eigenvalue weighted by Crippen LogP contribution is -2.23. The summed E-state index contributed by atoms with van der Waals surface area (Å²) in [6.07, 6.45) is 0.655. The number of rotatable bonds is 7. The van der Waals surface area contributed by atoms with Crippen LogP contribution in [0.25, 0.3) is 11.6 Å². The van der Waals surface area contributed by atoms with Crippen molar-refractivity contribution in [2.45, 2.75) is 39.8 Å². The SMILES string of the molecule is CCn1nc(C)cc1-c1nnc(CCC(=O)NCc2cccc(Cl)c2)o1. The van der Waals surface area contributed by atoms with E-state index in [0.717, 1.165) is 17.0 Å². The van der Waals surface area contributed by atoms with Crippen molar-refractivity contribution in [1.82, 2.24) is 25.3 Å². The van der Waals surface area contributed by atoms with E-state index in [9.17, 15) is 4.79 Å². The molecule has 0 spiro atoms. The standard InChI is InChI=1S/C18H20ClN5O2/c1-3-24-15(9-12(2)23-24)18-22-21-17(26-18)8-7-16(25)20-11-13-5-4-6-14(19)10-13/h4-6,9-10H,3,7-8,11H2,1-2H3,(H,20,25). The minimum absolute atomic E-state index is 0.0841. The topological polar surface area (TPSA) is 85.8 Å². The Morgan fingerprint density at radius 2 is 2.15 bits per heavy atom. The van der Waals surface area contributed by atoms with Crippen molar-refractivity contribution < 1.29 is 9.21 Å². The zero-order chi connectivity index (χ0) is 18.5. The molecule has 0 atom stereocenters. The fraction of sp³-hybridized carbons (Fsp3) is 0.333. The summed E-state index contributed by atoms with van der Waals surface area (Å²) in [7, 11) is 0. The van der Waals surface area contributed by atoms with Gasteiger partial charge in [-0.15, -0.1) is 10.2 Å². The van der Waals surface area contributed by atoms with Gasteiger partial charge in [0.25, 0.3) is 5.89 Å². The summed E-state index contributed by atoms with van der Waals surface area (Å²) in [5, 5.41) is 16.0. The van der Waals surface area contributed by atoms with Crippen molar-refractivity contribution in [2.75, 3.05) is 0 Å². The molecule has 1 aromatic carbocycles. The van der Waals surface area contributed by atoms with Crippen molar-refractivity contribution in [3.05, 3.63) is 52.5 Å². The largest absolute Gasteiger partial charge is 0.419 e. The Kier molecular flexibility index (Phi) is 5.68. The van der Waals surface area contributed by atoms with Crippen LogP contribution in [-0.4, -0.2) is 25.9 Å². The molecule has 8 heteroatoms. The molecule has 3 aromatic rings. The number of carbonyl (C=O) groups is 1. The molecule has 3 rings (SSSR count). The summed E-state index contributed by atoms with van der Waals surface area (Å²) >= 11 is 5.93.